The molecular formula is C19H23Cl2FN6. The van der Waals surface area contributed by atoms with E-state index in [2.05, 4.69) is 34.3 Å². The Morgan fingerprint density at radius 3 is 2.46 bits per heavy atom. The van der Waals surface area contributed by atoms with Gasteiger partial charge in [0.2, 0.25) is 0 Å². The highest BCUT2D eigenvalue weighted by Gasteiger charge is 2.08. The number of nitrogens with one attached hydrogen (secondary N) is 1. The summed E-state index contributed by atoms with van der Waals surface area (Å²) in [5.74, 6) is 0.0526. The van der Waals surface area contributed by atoms with E-state index < -0.39 is 5.82 Å². The van der Waals surface area contributed by atoms with Gasteiger partial charge in [-0.2, -0.15) is 0 Å². The molecule has 9 heteroatoms. The average Bonchev–Trinajstić information content (AvgIpc) is 2.65. The molecule has 0 unspecified atom stereocenters. The number of nitrogens with two attached hydrogens (primary N) is 2. The summed E-state index contributed by atoms with van der Waals surface area (Å²) in [7, 11) is 4.10. The quantitative estimate of drug-likeness (QED) is 0.528. The van der Waals surface area contributed by atoms with E-state index in [-0.39, 0.29) is 5.02 Å². The van der Waals surface area contributed by atoms with Gasteiger partial charge in [-0.25, -0.2) is 14.4 Å². The number of benzene rings is 2. The third kappa shape index (κ3) is 6.17. The lowest BCUT2D eigenvalue weighted by atomic mass is 10.2. The molecule has 5 N–H and O–H groups in total. The van der Waals surface area contributed by atoms with Crippen LogP contribution in [0.1, 0.15) is 6.42 Å². The van der Waals surface area contributed by atoms with Gasteiger partial charge in [0, 0.05) is 11.1 Å². The van der Waals surface area contributed by atoms with E-state index in [1.54, 1.807) is 18.2 Å². The van der Waals surface area contributed by atoms with Crippen LogP contribution in [0.25, 0.3) is 10.9 Å². The normalized spacial score (nSPS) is 10.7. The highest BCUT2D eigenvalue weighted by Crippen LogP contribution is 2.30. The van der Waals surface area contributed by atoms with Crippen molar-refractivity contribution in [1.29, 1.82) is 0 Å². The van der Waals surface area contributed by atoms with Gasteiger partial charge in [-0.05, 0) is 63.9 Å². The third-order valence-electron chi connectivity index (χ3n) is 3.75. The van der Waals surface area contributed by atoms with Crippen LogP contribution in [0.2, 0.25) is 10.0 Å². The molecule has 1 heterocycles. The zero-order valence-corrected chi connectivity index (χ0v) is 17.2. The van der Waals surface area contributed by atoms with Crippen LogP contribution in [-0.4, -0.2) is 42.1 Å². The molecule has 0 amide bonds. The topological polar surface area (TPSA) is 93.1 Å². The molecule has 3 rings (SSSR count). The number of rotatable bonds is 5. The molecule has 6 nitrogen and oxygen atoms in total. The number of halogens is 3. The summed E-state index contributed by atoms with van der Waals surface area (Å²) in [6.07, 6.45) is 2.51. The van der Waals surface area contributed by atoms with E-state index in [0.29, 0.717) is 33.1 Å². The number of hydrogen-bond acceptors (Lipinski definition) is 6. The van der Waals surface area contributed by atoms with Crippen molar-refractivity contribution in [3.05, 3.63) is 52.5 Å². The van der Waals surface area contributed by atoms with Gasteiger partial charge in [-0.15, -0.1) is 0 Å². The summed E-state index contributed by atoms with van der Waals surface area (Å²) < 4.78 is 13.2. The molecule has 0 spiro atoms. The summed E-state index contributed by atoms with van der Waals surface area (Å²) in [6, 6.07) is 7.67. The van der Waals surface area contributed by atoms with E-state index in [0.717, 1.165) is 19.5 Å². The minimum atomic E-state index is -0.481. The molecule has 3 aromatic rings. The van der Waals surface area contributed by atoms with Gasteiger partial charge in [0.1, 0.15) is 18.0 Å². The van der Waals surface area contributed by atoms with Crippen molar-refractivity contribution in [2.75, 3.05) is 38.2 Å². The smallest absolute Gasteiger partial charge is 0.141 e. The van der Waals surface area contributed by atoms with E-state index in [1.807, 2.05) is 0 Å². The van der Waals surface area contributed by atoms with E-state index in [1.165, 1.54) is 18.5 Å². The second-order valence-corrected chi connectivity index (χ2v) is 7.13. The van der Waals surface area contributed by atoms with Gasteiger partial charge in [0.15, 0.2) is 0 Å². The van der Waals surface area contributed by atoms with Crippen molar-refractivity contribution >= 4 is 51.3 Å². The largest absolute Gasteiger partial charge is 0.398 e. The number of hydrogen-bond donors (Lipinski definition) is 3. The predicted octanol–water partition coefficient (Wildman–Crippen LogP) is 4.30. The lowest BCUT2D eigenvalue weighted by molar-refractivity contribution is 0.403. The fraction of sp³-hybridized carbons (Fsp3) is 0.263. The van der Waals surface area contributed by atoms with Crippen LogP contribution < -0.4 is 16.8 Å². The second-order valence-electron chi connectivity index (χ2n) is 6.31. The lowest BCUT2D eigenvalue weighted by Gasteiger charge is -2.10. The molecule has 2 aromatic carbocycles. The van der Waals surface area contributed by atoms with Crippen LogP contribution >= 0.6 is 23.2 Å². The first-order valence-electron chi connectivity index (χ1n) is 8.58. The molecule has 0 bridgehead atoms. The van der Waals surface area contributed by atoms with E-state index >= 15 is 0 Å². The zero-order valence-electron chi connectivity index (χ0n) is 15.7. The van der Waals surface area contributed by atoms with Crippen molar-refractivity contribution in [1.82, 2.24) is 14.9 Å². The number of fused-ring (bicyclic) bond motifs is 1. The predicted molar refractivity (Wildman–Crippen MR) is 116 cm³/mol. The van der Waals surface area contributed by atoms with Crippen molar-refractivity contribution in [3.63, 3.8) is 0 Å². The number of nitrogens with zero attached hydrogens (tertiary/aromatic N) is 3. The molecule has 0 fully saturated rings. The van der Waals surface area contributed by atoms with Crippen LogP contribution in [0.5, 0.6) is 0 Å². The molecule has 0 radical (unpaired) electrons. The Morgan fingerprint density at radius 1 is 1.11 bits per heavy atom. The molecule has 0 aliphatic carbocycles. The maximum atomic E-state index is 13.2. The fourth-order valence-electron chi connectivity index (χ4n) is 2.31. The van der Waals surface area contributed by atoms with Crippen LogP contribution in [0.4, 0.5) is 21.6 Å². The fourth-order valence-corrected chi connectivity index (χ4v) is 2.65. The average molecular weight is 425 g/mol. The number of aromatic nitrogens is 2. The number of anilines is 3. The van der Waals surface area contributed by atoms with Crippen molar-refractivity contribution < 1.29 is 4.39 Å². The molecule has 0 aliphatic rings. The van der Waals surface area contributed by atoms with E-state index in [4.69, 9.17) is 34.7 Å². The molecule has 0 saturated carbocycles. The Kier molecular flexibility index (Phi) is 8.19. The lowest BCUT2D eigenvalue weighted by Crippen LogP contribution is -2.16. The van der Waals surface area contributed by atoms with Crippen LogP contribution in [0, 0.1) is 5.82 Å². The third-order valence-corrected chi connectivity index (χ3v) is 4.36. The monoisotopic (exact) mass is 424 g/mol. The maximum absolute atomic E-state index is 13.2. The highest BCUT2D eigenvalue weighted by molar-refractivity contribution is 6.34. The molecular weight excluding hydrogens is 402 g/mol. The summed E-state index contributed by atoms with van der Waals surface area (Å²) in [5.41, 5.74) is 12.7. The van der Waals surface area contributed by atoms with Gasteiger partial charge >= 0.3 is 0 Å². The summed E-state index contributed by atoms with van der Waals surface area (Å²) in [4.78, 5) is 10.4. The van der Waals surface area contributed by atoms with Gasteiger partial charge in [-0.1, -0.05) is 23.2 Å². The Balaban J connectivity index is 0.000000345. The minimum Gasteiger partial charge on any atom is -0.398 e. The first-order chi connectivity index (χ1) is 13.3. The summed E-state index contributed by atoms with van der Waals surface area (Å²) in [6.45, 7) is 1.91. The summed E-state index contributed by atoms with van der Waals surface area (Å²) in [5, 5.41) is 4.23. The molecule has 150 valence electrons. The molecule has 0 aliphatic heterocycles. The molecule has 0 atom stereocenters. The Labute approximate surface area is 173 Å². The SMILES string of the molecule is CN(C)CCCN.Nc1cc2c(Nc3ccc(F)c(Cl)c3)ncnc2cc1Cl. The molecule has 28 heavy (non-hydrogen) atoms. The Morgan fingerprint density at radius 2 is 1.86 bits per heavy atom. The van der Waals surface area contributed by atoms with E-state index in [9.17, 15) is 4.39 Å². The number of nitrogen functional groups attached to an aromatic ring is 1. The summed E-state index contributed by atoms with van der Waals surface area (Å²) >= 11 is 11.7. The van der Waals surface area contributed by atoms with Crippen molar-refractivity contribution in [3.8, 4) is 0 Å². The van der Waals surface area contributed by atoms with Gasteiger partial charge < -0.3 is 21.7 Å². The maximum Gasteiger partial charge on any atom is 0.141 e. The van der Waals surface area contributed by atoms with Crippen LogP contribution in [-0.2, 0) is 0 Å². The highest BCUT2D eigenvalue weighted by atomic mass is 35.5. The Hall–Kier alpha value is -2.19. The first kappa shape index (κ1) is 22.1. The van der Waals surface area contributed by atoms with Gasteiger partial charge in [-0.3, -0.25) is 0 Å². The zero-order chi connectivity index (χ0) is 20.7. The standard InChI is InChI=1S/C14H9Cl2FN4.C5H14N2/c15-9-3-7(1-2-11(9)17)21-14-8-4-12(18)10(16)5-13(8)19-6-20-14;1-7(2)5-3-4-6/h1-6H,18H2,(H,19,20,21);3-6H2,1-2H3. The Bertz CT molecular complexity index is 936. The van der Waals surface area contributed by atoms with Crippen LogP contribution in [0.3, 0.4) is 0 Å². The molecule has 1 aromatic heterocycles. The van der Waals surface area contributed by atoms with Gasteiger partial charge in [0.05, 0.1) is 21.2 Å². The first-order valence-corrected chi connectivity index (χ1v) is 9.34. The van der Waals surface area contributed by atoms with Crippen molar-refractivity contribution in [2.24, 2.45) is 5.73 Å². The van der Waals surface area contributed by atoms with Crippen molar-refractivity contribution in [2.45, 2.75) is 6.42 Å². The second kappa shape index (κ2) is 10.4. The van der Waals surface area contributed by atoms with Gasteiger partial charge in [0.25, 0.3) is 0 Å². The molecule has 0 saturated heterocycles. The van der Waals surface area contributed by atoms with Crippen LogP contribution in [0.15, 0.2) is 36.7 Å². The minimum absolute atomic E-state index is 0.0286.